The molecule has 2 N–H and O–H groups in total. The van der Waals surface area contributed by atoms with E-state index in [1.165, 1.54) is 31.4 Å². The van der Waals surface area contributed by atoms with Crippen molar-refractivity contribution < 1.29 is 0 Å². The lowest BCUT2D eigenvalue weighted by molar-refractivity contribution is 0.480. The van der Waals surface area contributed by atoms with Crippen LogP contribution in [-0.2, 0) is 0 Å². The van der Waals surface area contributed by atoms with Gasteiger partial charge in [-0.3, -0.25) is 0 Å². The third-order valence-corrected chi connectivity index (χ3v) is 3.85. The zero-order valence-electron chi connectivity index (χ0n) is 10.9. The number of hydrogen-bond donors (Lipinski definition) is 2. The second-order valence-corrected chi connectivity index (χ2v) is 5.26. The Balaban J connectivity index is 1.73. The number of rotatable bonds is 3. The molecule has 0 amide bonds. The van der Waals surface area contributed by atoms with Crippen molar-refractivity contribution in [2.45, 2.75) is 31.7 Å². The number of hydrogen-bond acceptors (Lipinski definition) is 4. The number of nitrogens with zero attached hydrogens (tertiary/aromatic N) is 2. The summed E-state index contributed by atoms with van der Waals surface area (Å²) in [4.78, 5) is 6.97. The van der Waals surface area contributed by atoms with Gasteiger partial charge in [0, 0.05) is 31.9 Å². The number of anilines is 2. The van der Waals surface area contributed by atoms with E-state index in [4.69, 9.17) is 0 Å². The summed E-state index contributed by atoms with van der Waals surface area (Å²) in [6, 6.07) is 4.73. The molecule has 18 heavy (non-hydrogen) atoms. The summed E-state index contributed by atoms with van der Waals surface area (Å²) in [7, 11) is 0. The number of nitrogens with one attached hydrogen (secondary N) is 2. The van der Waals surface area contributed by atoms with Crippen LogP contribution >= 0.6 is 0 Å². The average molecular weight is 246 g/mol. The Morgan fingerprint density at radius 2 is 2.17 bits per heavy atom. The van der Waals surface area contributed by atoms with Gasteiger partial charge in [-0.1, -0.05) is 0 Å². The fourth-order valence-electron chi connectivity index (χ4n) is 2.89. The molecule has 98 valence electrons. The molecule has 1 atom stereocenters. The van der Waals surface area contributed by atoms with E-state index < -0.39 is 0 Å². The minimum atomic E-state index is 0.546. The van der Waals surface area contributed by atoms with Crippen LogP contribution in [0.5, 0.6) is 0 Å². The average Bonchev–Trinajstić information content (AvgIpc) is 2.94. The lowest BCUT2D eigenvalue weighted by Gasteiger charge is -2.27. The molecule has 0 saturated carbocycles. The van der Waals surface area contributed by atoms with Crippen molar-refractivity contribution >= 4 is 11.5 Å². The molecule has 4 nitrogen and oxygen atoms in total. The fraction of sp³-hybridized carbons (Fsp3) is 0.643. The van der Waals surface area contributed by atoms with Crippen LogP contribution in [0.4, 0.5) is 11.5 Å². The Morgan fingerprint density at radius 3 is 2.94 bits per heavy atom. The van der Waals surface area contributed by atoms with Gasteiger partial charge in [0.05, 0.1) is 5.69 Å². The molecule has 2 aliphatic rings. The largest absolute Gasteiger partial charge is 0.378 e. The highest BCUT2D eigenvalue weighted by atomic mass is 15.2. The molecule has 4 heteroatoms. The summed E-state index contributed by atoms with van der Waals surface area (Å²) in [6.07, 6.45) is 7.00. The maximum absolute atomic E-state index is 4.57. The molecule has 0 spiro atoms. The van der Waals surface area contributed by atoms with Gasteiger partial charge in [-0.05, 0) is 44.4 Å². The van der Waals surface area contributed by atoms with E-state index in [-0.39, 0.29) is 0 Å². The summed E-state index contributed by atoms with van der Waals surface area (Å²) in [5.74, 6) is 1.14. The van der Waals surface area contributed by atoms with Crippen molar-refractivity contribution in [1.29, 1.82) is 0 Å². The predicted molar refractivity (Wildman–Crippen MR) is 75.2 cm³/mol. The quantitative estimate of drug-likeness (QED) is 0.854. The maximum Gasteiger partial charge on any atom is 0.151 e. The Morgan fingerprint density at radius 1 is 1.28 bits per heavy atom. The van der Waals surface area contributed by atoms with Crippen LogP contribution in [-0.4, -0.2) is 37.2 Å². The molecule has 0 aliphatic carbocycles. The van der Waals surface area contributed by atoms with Crippen molar-refractivity contribution in [2.75, 3.05) is 36.4 Å². The summed E-state index contributed by atoms with van der Waals surface area (Å²) in [5.41, 5.74) is 1.20. The van der Waals surface area contributed by atoms with Gasteiger partial charge in [0.25, 0.3) is 0 Å². The Kier molecular flexibility index (Phi) is 3.64. The molecule has 1 aromatic heterocycles. The fourth-order valence-corrected chi connectivity index (χ4v) is 2.89. The van der Waals surface area contributed by atoms with Crippen molar-refractivity contribution in [1.82, 2.24) is 10.3 Å². The molecular weight excluding hydrogens is 224 g/mol. The first-order valence-corrected chi connectivity index (χ1v) is 7.11. The van der Waals surface area contributed by atoms with Gasteiger partial charge in [-0.2, -0.15) is 0 Å². The molecule has 1 aromatic rings. The SMILES string of the molecule is c1cnc(N2CCCC2)c(NC2CCCNC2)c1. The van der Waals surface area contributed by atoms with Gasteiger partial charge in [0.1, 0.15) is 0 Å². The number of piperidine rings is 1. The molecule has 1 unspecified atom stereocenters. The summed E-state index contributed by atoms with van der Waals surface area (Å²) in [5, 5.41) is 7.11. The second-order valence-electron chi connectivity index (χ2n) is 5.26. The Bertz CT molecular complexity index is 381. The smallest absolute Gasteiger partial charge is 0.151 e. The number of pyridine rings is 1. The highest BCUT2D eigenvalue weighted by molar-refractivity contribution is 5.66. The summed E-state index contributed by atoms with van der Waals surface area (Å²) in [6.45, 7) is 4.52. The molecule has 0 aromatic carbocycles. The summed E-state index contributed by atoms with van der Waals surface area (Å²) >= 11 is 0. The first-order valence-electron chi connectivity index (χ1n) is 7.11. The Labute approximate surface area is 109 Å². The third kappa shape index (κ3) is 2.58. The summed E-state index contributed by atoms with van der Waals surface area (Å²) < 4.78 is 0. The van der Waals surface area contributed by atoms with Gasteiger partial charge in [-0.15, -0.1) is 0 Å². The lowest BCUT2D eigenvalue weighted by Crippen LogP contribution is -2.38. The highest BCUT2D eigenvalue weighted by Gasteiger charge is 2.19. The van der Waals surface area contributed by atoms with Crippen LogP contribution in [0.3, 0.4) is 0 Å². The van der Waals surface area contributed by atoms with Gasteiger partial charge in [-0.25, -0.2) is 4.98 Å². The number of aromatic nitrogens is 1. The van der Waals surface area contributed by atoms with Crippen molar-refractivity contribution in [2.24, 2.45) is 0 Å². The lowest BCUT2D eigenvalue weighted by atomic mass is 10.1. The van der Waals surface area contributed by atoms with Crippen LogP contribution < -0.4 is 15.5 Å². The van der Waals surface area contributed by atoms with Crippen LogP contribution in [0.1, 0.15) is 25.7 Å². The standard InChI is InChI=1S/C14H22N4/c1-2-10-18(9-1)14-13(6-4-8-16-14)17-12-5-3-7-15-11-12/h4,6,8,12,15,17H,1-3,5,7,9-11H2. The minimum Gasteiger partial charge on any atom is -0.378 e. The van der Waals surface area contributed by atoms with E-state index in [1.807, 2.05) is 12.3 Å². The first kappa shape index (κ1) is 11.8. The molecule has 0 bridgehead atoms. The van der Waals surface area contributed by atoms with E-state index in [0.717, 1.165) is 32.0 Å². The van der Waals surface area contributed by atoms with E-state index in [9.17, 15) is 0 Å². The second kappa shape index (κ2) is 5.57. The van der Waals surface area contributed by atoms with Crippen LogP contribution in [0, 0.1) is 0 Å². The van der Waals surface area contributed by atoms with E-state index in [2.05, 4.69) is 26.6 Å². The molecule has 3 rings (SSSR count). The van der Waals surface area contributed by atoms with E-state index in [1.54, 1.807) is 0 Å². The highest BCUT2D eigenvalue weighted by Crippen LogP contribution is 2.27. The molecule has 2 saturated heterocycles. The first-order chi connectivity index (χ1) is 8.93. The maximum atomic E-state index is 4.57. The Hall–Kier alpha value is -1.29. The van der Waals surface area contributed by atoms with Crippen LogP contribution in [0.15, 0.2) is 18.3 Å². The van der Waals surface area contributed by atoms with E-state index >= 15 is 0 Å². The van der Waals surface area contributed by atoms with Crippen LogP contribution in [0.2, 0.25) is 0 Å². The van der Waals surface area contributed by atoms with E-state index in [0.29, 0.717) is 6.04 Å². The van der Waals surface area contributed by atoms with Crippen molar-refractivity contribution in [3.8, 4) is 0 Å². The zero-order chi connectivity index (χ0) is 12.2. The predicted octanol–water partition coefficient (Wildman–Crippen LogP) is 1.85. The third-order valence-electron chi connectivity index (χ3n) is 3.85. The normalized spacial score (nSPS) is 24.2. The van der Waals surface area contributed by atoms with Crippen LogP contribution in [0.25, 0.3) is 0 Å². The topological polar surface area (TPSA) is 40.2 Å². The zero-order valence-corrected chi connectivity index (χ0v) is 10.9. The van der Waals surface area contributed by atoms with Crippen molar-refractivity contribution in [3.05, 3.63) is 18.3 Å². The van der Waals surface area contributed by atoms with Crippen molar-refractivity contribution in [3.63, 3.8) is 0 Å². The molecule has 2 fully saturated rings. The molecule has 2 aliphatic heterocycles. The molecular formula is C14H22N4. The molecule has 3 heterocycles. The minimum absolute atomic E-state index is 0.546. The van der Waals surface area contributed by atoms with Gasteiger partial charge < -0.3 is 15.5 Å². The monoisotopic (exact) mass is 246 g/mol. The van der Waals surface area contributed by atoms with Gasteiger partial charge in [0.15, 0.2) is 5.82 Å². The van der Waals surface area contributed by atoms with Gasteiger partial charge >= 0.3 is 0 Å². The molecule has 0 radical (unpaired) electrons. The van der Waals surface area contributed by atoms with Gasteiger partial charge in [0.2, 0.25) is 0 Å².